The lowest BCUT2D eigenvalue weighted by atomic mass is 10.0. The van der Waals surface area contributed by atoms with Gasteiger partial charge in [-0.15, -0.1) is 48.0 Å². The van der Waals surface area contributed by atoms with Gasteiger partial charge in [-0.1, -0.05) is 0 Å². The number of carboxylic acids is 4. The molecule has 0 heterocycles. The van der Waals surface area contributed by atoms with Crippen LogP contribution in [0.2, 0.25) is 0 Å². The highest BCUT2D eigenvalue weighted by Crippen LogP contribution is 2.06. The highest BCUT2D eigenvalue weighted by atomic mass is 127. The zero-order valence-corrected chi connectivity index (χ0v) is 19.1. The van der Waals surface area contributed by atoms with Crippen molar-refractivity contribution < 1.29 is 80.5 Å². The van der Waals surface area contributed by atoms with Gasteiger partial charge < -0.3 is 61.3 Å². The summed E-state index contributed by atoms with van der Waals surface area (Å²) in [7, 11) is 0. The van der Waals surface area contributed by atoms with Crippen LogP contribution in [0.25, 0.3) is 0 Å². The number of carbonyl (C=O) groups is 4. The number of hydrogen-bond acceptors (Lipinski definition) is 12. The van der Waals surface area contributed by atoms with Crippen molar-refractivity contribution in [3.8, 4) is 0 Å². The molecule has 0 bridgehead atoms. The molecule has 0 aromatic carbocycles. The Morgan fingerprint density at radius 1 is 0.367 bits per heavy atom. The Bertz CT molecular complexity index is 462. The van der Waals surface area contributed by atoms with E-state index in [1.165, 1.54) is 0 Å². The van der Waals surface area contributed by atoms with Gasteiger partial charge in [-0.25, -0.2) is 19.2 Å². The number of hydrogen-bond donors (Lipinski definition) is 12. The summed E-state index contributed by atoms with van der Waals surface area (Å²) in [5.41, 5.74) is 0. The standard InChI is InChI=1S/2C6H10O8.2HI/c2*7-1(3(9)5(11)12)2(8)4(10)6(13)14;;/h2*1-4,7-10H,(H,11,12)(H,13,14);2*1H/t2*1-,2+,3+,4-;;. The van der Waals surface area contributed by atoms with E-state index in [2.05, 4.69) is 0 Å². The van der Waals surface area contributed by atoms with Gasteiger partial charge in [0.1, 0.15) is 24.4 Å². The number of rotatable bonds is 10. The number of aliphatic carboxylic acids is 4. The van der Waals surface area contributed by atoms with E-state index in [0.717, 1.165) is 0 Å². The SMILES string of the molecule is I.I.O=C(O)[C@@H](O)[C@H](O)[C@H](O)[C@@H](O)C(=O)O.O=C(O)[C@@H](O)[C@H](O)[C@H](O)[C@@H](O)C(=O)O. The lowest BCUT2D eigenvalue weighted by Crippen LogP contribution is -2.49. The normalized spacial score (nSPS) is 18.1. The molecular weight excluding hydrogens is 654 g/mol. The summed E-state index contributed by atoms with van der Waals surface area (Å²) in [6.45, 7) is 0. The first-order chi connectivity index (χ1) is 12.6. The molecule has 16 nitrogen and oxygen atoms in total. The Labute approximate surface area is 200 Å². The summed E-state index contributed by atoms with van der Waals surface area (Å²) in [5.74, 6) is -7.36. The van der Waals surface area contributed by atoms with Crippen molar-refractivity contribution in [1.29, 1.82) is 0 Å². The van der Waals surface area contributed by atoms with Gasteiger partial charge in [0.15, 0.2) is 24.4 Å². The molecule has 0 aliphatic heterocycles. The van der Waals surface area contributed by atoms with E-state index >= 15 is 0 Å². The first-order valence-electron chi connectivity index (χ1n) is 6.93. The first kappa shape index (κ1) is 36.4. The Morgan fingerprint density at radius 2 is 0.467 bits per heavy atom. The maximum Gasteiger partial charge on any atom is 0.335 e. The van der Waals surface area contributed by atoms with Gasteiger partial charge in [-0.3, -0.25) is 0 Å². The monoisotopic (exact) mass is 676 g/mol. The van der Waals surface area contributed by atoms with Crippen LogP contribution >= 0.6 is 48.0 Å². The number of carboxylic acid groups (broad SMARTS) is 4. The Hall–Kier alpha value is -0.980. The molecule has 18 heteroatoms. The van der Waals surface area contributed by atoms with E-state index in [1.807, 2.05) is 0 Å². The van der Waals surface area contributed by atoms with Crippen LogP contribution in [0.1, 0.15) is 0 Å². The Kier molecular flexibility index (Phi) is 20.2. The molecule has 8 atom stereocenters. The van der Waals surface area contributed by atoms with Crippen LogP contribution in [0.5, 0.6) is 0 Å². The summed E-state index contributed by atoms with van der Waals surface area (Å²) >= 11 is 0. The summed E-state index contributed by atoms with van der Waals surface area (Å²) in [6, 6.07) is 0. The topological polar surface area (TPSA) is 311 Å². The molecule has 0 aromatic heterocycles. The molecule has 12 N–H and O–H groups in total. The molecule has 0 aliphatic rings. The lowest BCUT2D eigenvalue weighted by molar-refractivity contribution is -0.172. The lowest BCUT2D eigenvalue weighted by Gasteiger charge is -2.21. The Balaban J connectivity index is -0.000000211. The van der Waals surface area contributed by atoms with Crippen molar-refractivity contribution in [2.75, 3.05) is 0 Å². The fraction of sp³-hybridized carbons (Fsp3) is 0.667. The molecule has 0 rings (SSSR count). The fourth-order valence-corrected chi connectivity index (χ4v) is 1.33. The molecule has 0 saturated carbocycles. The van der Waals surface area contributed by atoms with Crippen molar-refractivity contribution in [2.24, 2.45) is 0 Å². The van der Waals surface area contributed by atoms with E-state index in [1.54, 1.807) is 0 Å². The third-order valence-corrected chi connectivity index (χ3v) is 3.01. The van der Waals surface area contributed by atoms with Crippen LogP contribution in [-0.4, -0.2) is 134 Å². The van der Waals surface area contributed by atoms with E-state index in [0.29, 0.717) is 0 Å². The van der Waals surface area contributed by atoms with Gasteiger partial charge in [-0.2, -0.15) is 0 Å². The molecule has 0 saturated heterocycles. The fourth-order valence-electron chi connectivity index (χ4n) is 1.33. The zero-order valence-electron chi connectivity index (χ0n) is 14.4. The molecule has 0 aromatic rings. The molecule has 0 unspecified atom stereocenters. The highest BCUT2D eigenvalue weighted by molar-refractivity contribution is 14.0. The van der Waals surface area contributed by atoms with Crippen molar-refractivity contribution in [1.82, 2.24) is 0 Å². The molecular formula is C12H22I2O16. The molecule has 30 heavy (non-hydrogen) atoms. The maximum atomic E-state index is 10.1. The Morgan fingerprint density at radius 3 is 0.533 bits per heavy atom. The highest BCUT2D eigenvalue weighted by Gasteiger charge is 2.38. The van der Waals surface area contributed by atoms with E-state index in [-0.39, 0.29) is 48.0 Å². The maximum absolute atomic E-state index is 10.1. The average molecular weight is 676 g/mol. The number of halogens is 2. The van der Waals surface area contributed by atoms with Crippen molar-refractivity contribution >= 4 is 71.8 Å². The second-order valence-corrected chi connectivity index (χ2v) is 5.09. The summed E-state index contributed by atoms with van der Waals surface area (Å²) in [6.07, 6.45) is -18.6. The van der Waals surface area contributed by atoms with E-state index in [9.17, 15) is 19.2 Å². The molecule has 0 amide bonds. The molecule has 0 radical (unpaired) electrons. The van der Waals surface area contributed by atoms with E-state index in [4.69, 9.17) is 61.3 Å². The number of aliphatic hydroxyl groups is 8. The predicted molar refractivity (Wildman–Crippen MR) is 109 cm³/mol. The van der Waals surface area contributed by atoms with Crippen molar-refractivity contribution in [3.05, 3.63) is 0 Å². The van der Waals surface area contributed by atoms with Gasteiger partial charge in [0.25, 0.3) is 0 Å². The third kappa shape index (κ3) is 12.0. The van der Waals surface area contributed by atoms with Crippen molar-refractivity contribution in [2.45, 2.75) is 48.8 Å². The summed E-state index contributed by atoms with van der Waals surface area (Å²) < 4.78 is 0. The van der Waals surface area contributed by atoms with Crippen molar-refractivity contribution in [3.63, 3.8) is 0 Å². The minimum absolute atomic E-state index is 0. The predicted octanol–water partition coefficient (Wildman–Crippen LogP) is -5.57. The quantitative estimate of drug-likeness (QED) is 0.0960. The van der Waals surface area contributed by atoms with Gasteiger partial charge in [0.05, 0.1) is 0 Å². The third-order valence-electron chi connectivity index (χ3n) is 3.01. The zero-order chi connectivity index (χ0) is 22.9. The van der Waals surface area contributed by atoms with Gasteiger partial charge in [0, 0.05) is 0 Å². The molecule has 0 fully saturated rings. The molecule has 0 aliphatic carbocycles. The van der Waals surface area contributed by atoms with Gasteiger partial charge in [-0.05, 0) is 0 Å². The van der Waals surface area contributed by atoms with Crippen LogP contribution in [0.15, 0.2) is 0 Å². The molecule has 180 valence electrons. The van der Waals surface area contributed by atoms with Gasteiger partial charge >= 0.3 is 23.9 Å². The minimum atomic E-state index is -2.36. The average Bonchev–Trinajstić information content (AvgIpc) is 2.62. The summed E-state index contributed by atoms with van der Waals surface area (Å²) in [4.78, 5) is 40.3. The van der Waals surface area contributed by atoms with Gasteiger partial charge in [0.2, 0.25) is 0 Å². The van der Waals surface area contributed by atoms with E-state index < -0.39 is 72.7 Å². The van der Waals surface area contributed by atoms with Crippen LogP contribution in [0.3, 0.4) is 0 Å². The van der Waals surface area contributed by atoms with Crippen LogP contribution in [-0.2, 0) is 19.2 Å². The second-order valence-electron chi connectivity index (χ2n) is 5.09. The largest absolute Gasteiger partial charge is 0.479 e. The van der Waals surface area contributed by atoms with Crippen LogP contribution in [0, 0.1) is 0 Å². The molecule has 0 spiro atoms. The first-order valence-corrected chi connectivity index (χ1v) is 6.93. The second kappa shape index (κ2) is 16.7. The minimum Gasteiger partial charge on any atom is -0.479 e. The van der Waals surface area contributed by atoms with Crippen LogP contribution < -0.4 is 0 Å². The smallest absolute Gasteiger partial charge is 0.335 e. The summed E-state index contributed by atoms with van der Waals surface area (Å²) in [5, 5.41) is 103. The van der Waals surface area contributed by atoms with Crippen LogP contribution in [0.4, 0.5) is 0 Å². The number of aliphatic hydroxyl groups excluding tert-OH is 8.